The molecule has 60 heavy (non-hydrogen) atoms. The van der Waals surface area contributed by atoms with Crippen LogP contribution in [0.3, 0.4) is 0 Å². The lowest BCUT2D eigenvalue weighted by molar-refractivity contribution is 1.27. The van der Waals surface area contributed by atoms with Crippen molar-refractivity contribution in [2.75, 3.05) is 0 Å². The highest BCUT2D eigenvalue weighted by atomic mass is 14.9. The fourth-order valence-corrected chi connectivity index (χ4v) is 7.70. The lowest BCUT2D eigenvalue weighted by Gasteiger charge is -2.18. The summed E-state index contributed by atoms with van der Waals surface area (Å²) >= 11 is 0. The summed E-state index contributed by atoms with van der Waals surface area (Å²) in [5.41, 5.74) is 15.9. The second kappa shape index (κ2) is 14.9. The van der Waals surface area contributed by atoms with Crippen molar-refractivity contribution < 1.29 is 0 Å². The number of aromatic nitrogens is 6. The van der Waals surface area contributed by atoms with Gasteiger partial charge in [0.25, 0.3) is 0 Å². The van der Waals surface area contributed by atoms with E-state index in [0.29, 0.717) is 34.2 Å². The lowest BCUT2D eigenvalue weighted by atomic mass is 9.96. The van der Waals surface area contributed by atoms with E-state index < -0.39 is 0 Å². The first-order chi connectivity index (χ1) is 29.7. The van der Waals surface area contributed by atoms with E-state index in [2.05, 4.69) is 105 Å². The van der Waals surface area contributed by atoms with Crippen LogP contribution in [0.25, 0.3) is 66.3 Å². The Bertz CT molecular complexity index is 3070. The highest BCUT2D eigenvalue weighted by Crippen LogP contribution is 2.36. The standard InChI is InChI=1S/C52H32N8/c1-3-11-45-37(7-1)25-47-51(57-45)49(35-17-13-33(14-18-35)41-23-43(31-55-29-41)39-9-5-21-53-27-39)60-48-26-38-8-2-4-12-46(38)58-52(48)50(59-47)36-19-15-34(16-20-36)42-24-44(32-56-30-42)40-10-6-22-54-28-40/h1-32H/b51-49?,52-50?,59-47?,59-50-,60-48?,60-49-. The van der Waals surface area contributed by atoms with Gasteiger partial charge in [0, 0.05) is 105 Å². The molecular formula is C52H32N8. The Hall–Kier alpha value is -8.36. The normalized spacial score (nSPS) is 13.9. The zero-order valence-electron chi connectivity index (χ0n) is 32.1. The summed E-state index contributed by atoms with van der Waals surface area (Å²) < 4.78 is 0. The van der Waals surface area contributed by atoms with E-state index in [1.54, 1.807) is 12.4 Å². The van der Waals surface area contributed by atoms with Gasteiger partial charge in [0.05, 0.1) is 33.8 Å². The Morgan fingerprint density at radius 1 is 0.283 bits per heavy atom. The van der Waals surface area contributed by atoms with Crippen molar-refractivity contribution in [1.29, 1.82) is 0 Å². The molecule has 10 aromatic rings. The topological polar surface area (TPSA) is 102 Å². The highest BCUT2D eigenvalue weighted by Gasteiger charge is 2.24. The molecule has 0 bridgehead atoms. The van der Waals surface area contributed by atoms with Crippen molar-refractivity contribution >= 4 is 44.6 Å². The molecule has 0 fully saturated rings. The predicted octanol–water partition coefficient (Wildman–Crippen LogP) is 11.7. The van der Waals surface area contributed by atoms with Crippen LogP contribution in [0.4, 0.5) is 11.4 Å². The van der Waals surface area contributed by atoms with Crippen LogP contribution < -0.4 is 0 Å². The zero-order valence-corrected chi connectivity index (χ0v) is 32.1. The molecule has 8 nitrogen and oxygen atoms in total. The van der Waals surface area contributed by atoms with E-state index in [4.69, 9.17) is 20.0 Å². The number of hydrogen-bond acceptors (Lipinski definition) is 8. The second-order valence-electron chi connectivity index (χ2n) is 14.6. The molecule has 280 valence electrons. The Balaban J connectivity index is 1.05. The number of pyridine rings is 6. The van der Waals surface area contributed by atoms with Crippen molar-refractivity contribution in [3.05, 3.63) is 218 Å². The van der Waals surface area contributed by atoms with Gasteiger partial charge in [-0.2, -0.15) is 0 Å². The van der Waals surface area contributed by atoms with Gasteiger partial charge < -0.3 is 0 Å². The quantitative estimate of drug-likeness (QED) is 0.167. The van der Waals surface area contributed by atoms with Gasteiger partial charge in [0.1, 0.15) is 11.4 Å². The Morgan fingerprint density at radius 3 is 1.08 bits per heavy atom. The molecule has 11 rings (SSSR count). The predicted molar refractivity (Wildman–Crippen MR) is 240 cm³/mol. The van der Waals surface area contributed by atoms with Gasteiger partial charge in [-0.3, -0.25) is 19.9 Å². The number of nitrogens with zero attached hydrogens (tertiary/aromatic N) is 8. The maximum absolute atomic E-state index is 5.48. The SMILES string of the molecule is c1cncc(-c2cncc(-c3ccc(/C4=N/c5cc6ccccc6nc5/C(c5ccc(-c6cncc(-c7cccnc7)c6)cc5)=N\c5cc6ccccc6nc54)cc3)c2)c1. The van der Waals surface area contributed by atoms with Crippen LogP contribution >= 0.6 is 0 Å². The van der Waals surface area contributed by atoms with Crippen LogP contribution in [0.15, 0.2) is 205 Å². The number of benzene rings is 4. The lowest BCUT2D eigenvalue weighted by Crippen LogP contribution is -2.13. The molecule has 0 radical (unpaired) electrons. The van der Waals surface area contributed by atoms with Crippen LogP contribution in [-0.2, 0) is 0 Å². The average Bonchev–Trinajstić information content (AvgIpc) is 3.32. The van der Waals surface area contributed by atoms with Crippen LogP contribution in [0.2, 0.25) is 0 Å². The van der Waals surface area contributed by atoms with Gasteiger partial charge in [0.15, 0.2) is 0 Å². The summed E-state index contributed by atoms with van der Waals surface area (Å²) in [4.78, 5) is 39.2. The summed E-state index contributed by atoms with van der Waals surface area (Å²) in [7, 11) is 0. The number of fused-ring (bicyclic) bond motifs is 4. The molecule has 0 unspecified atom stereocenters. The third kappa shape index (κ3) is 6.58. The Morgan fingerprint density at radius 2 is 0.667 bits per heavy atom. The molecule has 6 aromatic heterocycles. The summed E-state index contributed by atoms with van der Waals surface area (Å²) in [6.45, 7) is 0. The van der Waals surface area contributed by atoms with Crippen molar-refractivity contribution in [2.24, 2.45) is 9.98 Å². The highest BCUT2D eigenvalue weighted by molar-refractivity contribution is 6.22. The molecule has 8 heteroatoms. The maximum atomic E-state index is 5.48. The van der Waals surface area contributed by atoms with Crippen LogP contribution in [-0.4, -0.2) is 41.3 Å². The Kier molecular flexibility index (Phi) is 8.63. The fourth-order valence-electron chi connectivity index (χ4n) is 7.70. The van der Waals surface area contributed by atoms with Gasteiger partial charge in [-0.15, -0.1) is 0 Å². The van der Waals surface area contributed by atoms with Gasteiger partial charge >= 0.3 is 0 Å². The monoisotopic (exact) mass is 768 g/mol. The fraction of sp³-hybridized carbons (Fsp3) is 0. The molecule has 0 amide bonds. The third-order valence-corrected chi connectivity index (χ3v) is 10.8. The summed E-state index contributed by atoms with van der Waals surface area (Å²) in [5.74, 6) is 0. The summed E-state index contributed by atoms with van der Waals surface area (Å²) in [6, 6.07) is 49.5. The molecule has 0 saturated carbocycles. The Labute approximate surface area is 345 Å². The molecule has 0 spiro atoms. The van der Waals surface area contributed by atoms with E-state index in [-0.39, 0.29) is 0 Å². The largest absolute Gasteiger partial charge is 0.264 e. The minimum absolute atomic E-state index is 0.688. The van der Waals surface area contributed by atoms with E-state index in [0.717, 1.165) is 77.4 Å². The van der Waals surface area contributed by atoms with Crippen molar-refractivity contribution in [3.63, 3.8) is 0 Å². The van der Waals surface area contributed by atoms with Gasteiger partial charge in [-0.25, -0.2) is 20.0 Å². The smallest absolute Gasteiger partial charge is 0.116 e. The minimum atomic E-state index is 0.688. The van der Waals surface area contributed by atoms with Crippen LogP contribution in [0, 0.1) is 0 Å². The number of hydrogen-bond donors (Lipinski definition) is 0. The molecule has 7 heterocycles. The second-order valence-corrected chi connectivity index (χ2v) is 14.6. The van der Waals surface area contributed by atoms with E-state index in [1.807, 2.05) is 97.8 Å². The van der Waals surface area contributed by atoms with Crippen LogP contribution in [0.5, 0.6) is 0 Å². The van der Waals surface area contributed by atoms with Crippen molar-refractivity contribution in [2.45, 2.75) is 0 Å². The average molecular weight is 769 g/mol. The number of aliphatic imine (C=N–C) groups is 2. The molecular weight excluding hydrogens is 737 g/mol. The molecule has 0 atom stereocenters. The number of para-hydroxylation sites is 2. The zero-order chi connectivity index (χ0) is 39.8. The van der Waals surface area contributed by atoms with Crippen molar-refractivity contribution in [3.8, 4) is 44.5 Å². The van der Waals surface area contributed by atoms with Crippen LogP contribution in [0.1, 0.15) is 22.5 Å². The molecule has 0 aliphatic carbocycles. The first-order valence-corrected chi connectivity index (χ1v) is 19.6. The maximum Gasteiger partial charge on any atom is 0.116 e. The first kappa shape index (κ1) is 34.9. The molecule has 1 aliphatic rings. The van der Waals surface area contributed by atoms with Gasteiger partial charge in [0.2, 0.25) is 0 Å². The van der Waals surface area contributed by atoms with E-state index in [9.17, 15) is 0 Å². The molecule has 4 aromatic carbocycles. The number of rotatable bonds is 6. The minimum Gasteiger partial charge on any atom is -0.264 e. The first-order valence-electron chi connectivity index (χ1n) is 19.6. The summed E-state index contributed by atoms with van der Waals surface area (Å²) in [6.07, 6.45) is 14.8. The third-order valence-electron chi connectivity index (χ3n) is 10.8. The van der Waals surface area contributed by atoms with E-state index >= 15 is 0 Å². The van der Waals surface area contributed by atoms with E-state index in [1.165, 1.54) is 0 Å². The van der Waals surface area contributed by atoms with Gasteiger partial charge in [-0.1, -0.05) is 97.1 Å². The van der Waals surface area contributed by atoms with Gasteiger partial charge in [-0.05, 0) is 59.7 Å². The molecule has 1 aliphatic heterocycles. The summed E-state index contributed by atoms with van der Waals surface area (Å²) in [5, 5.41) is 1.97. The van der Waals surface area contributed by atoms with Crippen molar-refractivity contribution in [1.82, 2.24) is 29.9 Å². The molecule has 0 N–H and O–H groups in total. The molecule has 0 saturated heterocycles.